The zero-order valence-corrected chi connectivity index (χ0v) is 10.3. The van der Waals surface area contributed by atoms with Crippen LogP contribution in [0.3, 0.4) is 0 Å². The first-order valence-corrected chi connectivity index (χ1v) is 6.01. The maximum Gasteiger partial charge on any atom is 0.129 e. The van der Waals surface area contributed by atoms with E-state index in [0.717, 1.165) is 11.5 Å². The molecule has 0 spiro atoms. The third-order valence-corrected chi connectivity index (χ3v) is 2.68. The second-order valence-corrected chi connectivity index (χ2v) is 4.43. The molecule has 0 radical (unpaired) electrons. The van der Waals surface area contributed by atoms with Crippen molar-refractivity contribution in [1.82, 2.24) is 9.97 Å². The van der Waals surface area contributed by atoms with E-state index in [9.17, 15) is 0 Å². The van der Waals surface area contributed by atoms with Gasteiger partial charge in [-0.3, -0.25) is 0 Å². The zero-order chi connectivity index (χ0) is 12.1. The van der Waals surface area contributed by atoms with Crippen LogP contribution < -0.4 is 5.32 Å². The fraction of sp³-hybridized carbons (Fsp3) is 0.667. The molecule has 1 aromatic heterocycles. The van der Waals surface area contributed by atoms with E-state index in [1.165, 1.54) is 0 Å². The fourth-order valence-corrected chi connectivity index (χ4v) is 1.66. The Kier molecular flexibility index (Phi) is 4.28. The summed E-state index contributed by atoms with van der Waals surface area (Å²) < 4.78 is 10.9. The van der Waals surface area contributed by atoms with Crippen LogP contribution in [0.15, 0.2) is 12.4 Å². The van der Waals surface area contributed by atoms with Gasteiger partial charge in [0.2, 0.25) is 0 Å². The van der Waals surface area contributed by atoms with E-state index in [2.05, 4.69) is 29.1 Å². The normalized spacial score (nSPS) is 20.5. The van der Waals surface area contributed by atoms with Crippen molar-refractivity contribution in [1.29, 1.82) is 0 Å². The van der Waals surface area contributed by atoms with Gasteiger partial charge >= 0.3 is 0 Å². The van der Waals surface area contributed by atoms with E-state index in [-0.39, 0.29) is 6.10 Å². The molecule has 94 valence electrons. The van der Waals surface area contributed by atoms with Gasteiger partial charge in [0, 0.05) is 18.3 Å². The SMILES string of the molecule is CC(C)c1cc(NCC2COCCO2)ncn1. The van der Waals surface area contributed by atoms with Crippen LogP contribution >= 0.6 is 0 Å². The average Bonchev–Trinajstić information content (AvgIpc) is 2.38. The molecule has 1 saturated heterocycles. The standard InChI is InChI=1S/C12H19N3O2/c1-9(2)11-5-12(15-8-14-11)13-6-10-7-16-3-4-17-10/h5,8-10H,3-4,6-7H2,1-2H3,(H,13,14,15). The first-order valence-electron chi connectivity index (χ1n) is 6.01. The number of nitrogens with zero attached hydrogens (tertiary/aromatic N) is 2. The quantitative estimate of drug-likeness (QED) is 0.858. The molecule has 1 aliphatic rings. The number of anilines is 1. The number of ether oxygens (including phenoxy) is 2. The van der Waals surface area contributed by atoms with Crippen LogP contribution in [0.5, 0.6) is 0 Å². The van der Waals surface area contributed by atoms with Crippen molar-refractivity contribution in [2.45, 2.75) is 25.9 Å². The third-order valence-electron chi connectivity index (χ3n) is 2.68. The van der Waals surface area contributed by atoms with Crippen molar-refractivity contribution in [2.24, 2.45) is 0 Å². The Labute approximate surface area is 102 Å². The molecule has 1 aromatic rings. The highest BCUT2D eigenvalue weighted by molar-refractivity contribution is 5.35. The summed E-state index contributed by atoms with van der Waals surface area (Å²) in [7, 11) is 0. The summed E-state index contributed by atoms with van der Waals surface area (Å²) in [5.74, 6) is 1.26. The fourth-order valence-electron chi connectivity index (χ4n) is 1.66. The summed E-state index contributed by atoms with van der Waals surface area (Å²) in [6, 6.07) is 1.98. The smallest absolute Gasteiger partial charge is 0.129 e. The Morgan fingerprint density at radius 1 is 1.41 bits per heavy atom. The number of hydrogen-bond acceptors (Lipinski definition) is 5. The summed E-state index contributed by atoms with van der Waals surface area (Å²) in [6.45, 7) is 6.97. The molecule has 1 aliphatic heterocycles. The molecular formula is C12H19N3O2. The Hall–Kier alpha value is -1.20. The van der Waals surface area contributed by atoms with Crippen LogP contribution in [-0.4, -0.2) is 42.4 Å². The van der Waals surface area contributed by atoms with Gasteiger partial charge in [0.25, 0.3) is 0 Å². The Bertz CT molecular complexity index is 351. The van der Waals surface area contributed by atoms with E-state index < -0.39 is 0 Å². The molecule has 0 aliphatic carbocycles. The monoisotopic (exact) mass is 237 g/mol. The topological polar surface area (TPSA) is 56.3 Å². The molecule has 2 rings (SSSR count). The molecule has 0 bridgehead atoms. The molecule has 0 saturated carbocycles. The summed E-state index contributed by atoms with van der Waals surface area (Å²) in [4.78, 5) is 8.41. The van der Waals surface area contributed by atoms with Crippen molar-refractivity contribution >= 4 is 5.82 Å². The Balaban J connectivity index is 1.87. The van der Waals surface area contributed by atoms with Crippen molar-refractivity contribution in [3.8, 4) is 0 Å². The molecular weight excluding hydrogens is 218 g/mol. The van der Waals surface area contributed by atoms with Gasteiger partial charge < -0.3 is 14.8 Å². The maximum absolute atomic E-state index is 5.55. The molecule has 0 amide bonds. The highest BCUT2D eigenvalue weighted by Crippen LogP contribution is 2.13. The van der Waals surface area contributed by atoms with Gasteiger partial charge in [0.1, 0.15) is 12.1 Å². The van der Waals surface area contributed by atoms with Crippen LogP contribution in [0.4, 0.5) is 5.82 Å². The van der Waals surface area contributed by atoms with Gasteiger partial charge in [0.05, 0.1) is 25.9 Å². The lowest BCUT2D eigenvalue weighted by Crippen LogP contribution is -2.34. The average molecular weight is 237 g/mol. The van der Waals surface area contributed by atoms with E-state index >= 15 is 0 Å². The summed E-state index contributed by atoms with van der Waals surface area (Å²) in [5, 5.41) is 3.25. The molecule has 1 N–H and O–H groups in total. The van der Waals surface area contributed by atoms with Crippen LogP contribution in [0.1, 0.15) is 25.5 Å². The highest BCUT2D eigenvalue weighted by atomic mass is 16.6. The van der Waals surface area contributed by atoms with Crippen LogP contribution in [-0.2, 0) is 9.47 Å². The largest absolute Gasteiger partial charge is 0.376 e. The molecule has 17 heavy (non-hydrogen) atoms. The first kappa shape index (κ1) is 12.3. The van der Waals surface area contributed by atoms with Gasteiger partial charge in [-0.05, 0) is 5.92 Å². The Morgan fingerprint density at radius 3 is 3.00 bits per heavy atom. The minimum atomic E-state index is 0.112. The predicted molar refractivity (Wildman–Crippen MR) is 65.2 cm³/mol. The lowest BCUT2D eigenvalue weighted by molar-refractivity contribution is -0.0819. The lowest BCUT2D eigenvalue weighted by atomic mass is 10.1. The minimum Gasteiger partial charge on any atom is -0.376 e. The van der Waals surface area contributed by atoms with E-state index in [0.29, 0.717) is 32.3 Å². The lowest BCUT2D eigenvalue weighted by Gasteiger charge is -2.23. The number of aromatic nitrogens is 2. The Morgan fingerprint density at radius 2 is 2.29 bits per heavy atom. The van der Waals surface area contributed by atoms with E-state index in [4.69, 9.17) is 9.47 Å². The van der Waals surface area contributed by atoms with Crippen LogP contribution in [0, 0.1) is 0 Å². The van der Waals surface area contributed by atoms with Crippen LogP contribution in [0.25, 0.3) is 0 Å². The van der Waals surface area contributed by atoms with Crippen LogP contribution in [0.2, 0.25) is 0 Å². The second-order valence-electron chi connectivity index (χ2n) is 4.43. The van der Waals surface area contributed by atoms with Gasteiger partial charge in [-0.1, -0.05) is 13.8 Å². The first-order chi connectivity index (χ1) is 8.25. The maximum atomic E-state index is 5.55. The van der Waals surface area contributed by atoms with Gasteiger partial charge in [-0.2, -0.15) is 0 Å². The molecule has 5 nitrogen and oxygen atoms in total. The zero-order valence-electron chi connectivity index (χ0n) is 10.3. The number of rotatable bonds is 4. The van der Waals surface area contributed by atoms with Gasteiger partial charge in [-0.15, -0.1) is 0 Å². The summed E-state index contributed by atoms with van der Waals surface area (Å²) in [5.41, 5.74) is 1.04. The van der Waals surface area contributed by atoms with Crippen molar-refractivity contribution in [2.75, 3.05) is 31.7 Å². The highest BCUT2D eigenvalue weighted by Gasteiger charge is 2.14. The van der Waals surface area contributed by atoms with Crippen molar-refractivity contribution in [3.63, 3.8) is 0 Å². The van der Waals surface area contributed by atoms with Gasteiger partial charge in [0.15, 0.2) is 0 Å². The van der Waals surface area contributed by atoms with E-state index in [1.54, 1.807) is 6.33 Å². The third kappa shape index (κ3) is 3.64. The molecule has 1 atom stereocenters. The van der Waals surface area contributed by atoms with Gasteiger partial charge in [-0.25, -0.2) is 9.97 Å². The summed E-state index contributed by atoms with van der Waals surface area (Å²) >= 11 is 0. The second kappa shape index (κ2) is 5.93. The summed E-state index contributed by atoms with van der Waals surface area (Å²) in [6.07, 6.45) is 1.71. The predicted octanol–water partition coefficient (Wildman–Crippen LogP) is 1.43. The molecule has 5 heteroatoms. The van der Waals surface area contributed by atoms with E-state index in [1.807, 2.05) is 6.07 Å². The molecule has 0 aromatic carbocycles. The van der Waals surface area contributed by atoms with Crippen molar-refractivity contribution in [3.05, 3.63) is 18.1 Å². The van der Waals surface area contributed by atoms with Crippen molar-refractivity contribution < 1.29 is 9.47 Å². The molecule has 1 unspecified atom stereocenters. The molecule has 1 fully saturated rings. The molecule has 2 heterocycles. The number of hydrogen-bond donors (Lipinski definition) is 1. The minimum absolute atomic E-state index is 0.112. The number of nitrogens with one attached hydrogen (secondary N) is 1.